The summed E-state index contributed by atoms with van der Waals surface area (Å²) in [7, 11) is 1.95. The number of hydrogen-bond acceptors (Lipinski definition) is 2. The lowest BCUT2D eigenvalue weighted by molar-refractivity contribution is 0.193. The monoisotopic (exact) mass is 320 g/mol. The first-order valence-electron chi connectivity index (χ1n) is 8.84. The number of aryl methyl sites for hydroxylation is 2. The summed E-state index contributed by atoms with van der Waals surface area (Å²) >= 11 is 0. The summed E-state index contributed by atoms with van der Waals surface area (Å²) in [5.74, 6) is 0.775. The zero-order chi connectivity index (χ0) is 17.2. The summed E-state index contributed by atoms with van der Waals surface area (Å²) < 4.78 is 1.89. The number of nitrogens with zero attached hydrogens (tertiary/aromatic N) is 2. The second-order valence-electron chi connectivity index (χ2n) is 7.51. The normalized spacial score (nSPS) is 25.9. The van der Waals surface area contributed by atoms with E-state index >= 15 is 0 Å². The van der Waals surface area contributed by atoms with Crippen LogP contribution in [0.4, 0.5) is 4.79 Å². The molecule has 1 aliphatic rings. The van der Waals surface area contributed by atoms with Crippen molar-refractivity contribution in [1.82, 2.24) is 20.4 Å². The maximum atomic E-state index is 12.5. The van der Waals surface area contributed by atoms with Crippen molar-refractivity contribution < 1.29 is 4.79 Å². The molecule has 2 amide bonds. The van der Waals surface area contributed by atoms with Gasteiger partial charge in [-0.05, 0) is 58.8 Å². The van der Waals surface area contributed by atoms with Crippen molar-refractivity contribution in [2.45, 2.75) is 78.3 Å². The number of carbonyl (C=O) groups excluding carboxylic acids is 1. The molecule has 0 aromatic carbocycles. The van der Waals surface area contributed by atoms with Crippen molar-refractivity contribution >= 4 is 6.03 Å². The first-order valence-corrected chi connectivity index (χ1v) is 8.84. The average Bonchev–Trinajstić information content (AvgIpc) is 2.73. The van der Waals surface area contributed by atoms with E-state index in [4.69, 9.17) is 0 Å². The average molecular weight is 320 g/mol. The van der Waals surface area contributed by atoms with Crippen LogP contribution in [0.3, 0.4) is 0 Å². The Morgan fingerprint density at radius 2 is 2.00 bits per heavy atom. The SMILES string of the molecule is CC[C@H](NC(=O)NC1(C)CCC(C)CC1)c1c(C)nn(C)c1C. The Balaban J connectivity index is 2.03. The van der Waals surface area contributed by atoms with Gasteiger partial charge in [-0.15, -0.1) is 0 Å². The van der Waals surface area contributed by atoms with Crippen LogP contribution in [0.1, 0.15) is 75.9 Å². The second-order valence-corrected chi connectivity index (χ2v) is 7.51. The smallest absolute Gasteiger partial charge is 0.315 e. The third kappa shape index (κ3) is 4.06. The van der Waals surface area contributed by atoms with E-state index in [-0.39, 0.29) is 17.6 Å². The molecule has 2 N–H and O–H groups in total. The number of nitrogens with one attached hydrogen (secondary N) is 2. The van der Waals surface area contributed by atoms with Crippen LogP contribution in [-0.4, -0.2) is 21.4 Å². The molecule has 0 aliphatic heterocycles. The zero-order valence-corrected chi connectivity index (χ0v) is 15.5. The molecule has 0 saturated heterocycles. The van der Waals surface area contributed by atoms with Gasteiger partial charge in [-0.2, -0.15) is 5.10 Å². The van der Waals surface area contributed by atoms with Gasteiger partial charge in [0.2, 0.25) is 0 Å². The maximum Gasteiger partial charge on any atom is 0.315 e. The van der Waals surface area contributed by atoms with Crippen LogP contribution < -0.4 is 10.6 Å². The van der Waals surface area contributed by atoms with Crippen LogP contribution >= 0.6 is 0 Å². The largest absolute Gasteiger partial charge is 0.333 e. The Labute approximate surface area is 140 Å². The molecule has 0 bridgehead atoms. The van der Waals surface area contributed by atoms with Crippen molar-refractivity contribution in [2.75, 3.05) is 0 Å². The number of rotatable bonds is 4. The van der Waals surface area contributed by atoms with Crippen molar-refractivity contribution in [3.8, 4) is 0 Å². The van der Waals surface area contributed by atoms with Gasteiger partial charge < -0.3 is 10.6 Å². The summed E-state index contributed by atoms with van der Waals surface area (Å²) in [4.78, 5) is 12.5. The molecule has 0 unspecified atom stereocenters. The molecule has 5 nitrogen and oxygen atoms in total. The Kier molecular flexibility index (Phi) is 5.37. The second kappa shape index (κ2) is 6.93. The Morgan fingerprint density at radius 1 is 1.39 bits per heavy atom. The molecule has 23 heavy (non-hydrogen) atoms. The molecule has 1 saturated carbocycles. The van der Waals surface area contributed by atoms with Crippen LogP contribution in [0.15, 0.2) is 0 Å². The van der Waals surface area contributed by atoms with Crippen molar-refractivity contribution in [3.05, 3.63) is 17.0 Å². The number of aromatic nitrogens is 2. The van der Waals surface area contributed by atoms with Gasteiger partial charge in [-0.3, -0.25) is 4.68 Å². The molecule has 2 rings (SSSR count). The molecule has 1 aromatic heterocycles. The summed E-state index contributed by atoms with van der Waals surface area (Å²) in [6.07, 6.45) is 5.35. The molecular weight excluding hydrogens is 288 g/mol. The quantitative estimate of drug-likeness (QED) is 0.887. The van der Waals surface area contributed by atoms with Crippen molar-refractivity contribution in [1.29, 1.82) is 0 Å². The molecule has 0 spiro atoms. The van der Waals surface area contributed by atoms with Crippen LogP contribution in [0.25, 0.3) is 0 Å². The van der Waals surface area contributed by atoms with Gasteiger partial charge >= 0.3 is 6.03 Å². The summed E-state index contributed by atoms with van der Waals surface area (Å²) in [6.45, 7) is 10.6. The standard InChI is InChI=1S/C18H32N4O/c1-7-15(16-13(3)21-22(6)14(16)4)19-17(23)20-18(5)10-8-12(2)9-11-18/h12,15H,7-11H2,1-6H3,(H2,19,20,23)/t12?,15-,18?/m0/s1. The van der Waals surface area contributed by atoms with E-state index in [0.29, 0.717) is 0 Å². The predicted octanol–water partition coefficient (Wildman–Crippen LogP) is 3.76. The lowest BCUT2D eigenvalue weighted by atomic mass is 9.78. The third-order valence-electron chi connectivity index (χ3n) is 5.42. The van der Waals surface area contributed by atoms with Crippen LogP contribution in [0, 0.1) is 19.8 Å². The van der Waals surface area contributed by atoms with E-state index in [0.717, 1.165) is 42.1 Å². The lowest BCUT2D eigenvalue weighted by Crippen LogP contribution is -2.52. The molecule has 0 radical (unpaired) electrons. The topological polar surface area (TPSA) is 59.0 Å². The van der Waals surface area contributed by atoms with Gasteiger partial charge in [0.25, 0.3) is 0 Å². The molecule has 1 aromatic rings. The van der Waals surface area contributed by atoms with E-state index in [2.05, 4.69) is 43.4 Å². The first kappa shape index (κ1) is 17.8. The maximum absolute atomic E-state index is 12.5. The number of amides is 2. The van der Waals surface area contributed by atoms with E-state index in [1.54, 1.807) is 0 Å². The molecular formula is C18H32N4O. The number of carbonyl (C=O) groups is 1. The zero-order valence-electron chi connectivity index (χ0n) is 15.5. The van der Waals surface area contributed by atoms with E-state index in [1.165, 1.54) is 12.8 Å². The highest BCUT2D eigenvalue weighted by molar-refractivity contribution is 5.75. The van der Waals surface area contributed by atoms with Gasteiger partial charge in [0.05, 0.1) is 11.7 Å². The van der Waals surface area contributed by atoms with Gasteiger partial charge in [0.15, 0.2) is 0 Å². The van der Waals surface area contributed by atoms with Crippen molar-refractivity contribution in [2.24, 2.45) is 13.0 Å². The highest BCUT2D eigenvalue weighted by Crippen LogP contribution is 2.31. The van der Waals surface area contributed by atoms with Crippen LogP contribution in [-0.2, 0) is 7.05 Å². The first-order chi connectivity index (χ1) is 10.8. The number of urea groups is 1. The fourth-order valence-corrected chi connectivity index (χ4v) is 3.67. The molecule has 1 fully saturated rings. The Hall–Kier alpha value is -1.52. The van der Waals surface area contributed by atoms with Gasteiger partial charge in [0, 0.05) is 23.8 Å². The fraction of sp³-hybridized carbons (Fsp3) is 0.778. The summed E-state index contributed by atoms with van der Waals surface area (Å²) in [6, 6.07) is -0.0497. The van der Waals surface area contributed by atoms with Gasteiger partial charge in [-0.1, -0.05) is 13.8 Å². The Morgan fingerprint density at radius 3 is 2.48 bits per heavy atom. The van der Waals surface area contributed by atoms with Gasteiger partial charge in [0.1, 0.15) is 0 Å². The predicted molar refractivity (Wildman–Crippen MR) is 93.4 cm³/mol. The minimum absolute atomic E-state index is 0.00909. The summed E-state index contributed by atoms with van der Waals surface area (Å²) in [5, 5.41) is 10.8. The van der Waals surface area contributed by atoms with Crippen LogP contribution in [0.2, 0.25) is 0 Å². The highest BCUT2D eigenvalue weighted by Gasteiger charge is 2.31. The minimum atomic E-state index is -0.0755. The highest BCUT2D eigenvalue weighted by atomic mass is 16.2. The molecule has 1 aliphatic carbocycles. The number of hydrogen-bond donors (Lipinski definition) is 2. The Bertz CT molecular complexity index is 556. The van der Waals surface area contributed by atoms with Gasteiger partial charge in [-0.25, -0.2) is 4.79 Å². The van der Waals surface area contributed by atoms with E-state index in [1.807, 2.05) is 18.7 Å². The molecule has 5 heteroatoms. The molecule has 130 valence electrons. The fourth-order valence-electron chi connectivity index (χ4n) is 3.67. The summed E-state index contributed by atoms with van der Waals surface area (Å²) in [5.41, 5.74) is 3.18. The van der Waals surface area contributed by atoms with E-state index in [9.17, 15) is 4.79 Å². The van der Waals surface area contributed by atoms with E-state index < -0.39 is 0 Å². The minimum Gasteiger partial charge on any atom is -0.333 e. The van der Waals surface area contributed by atoms with Crippen LogP contribution in [0.5, 0.6) is 0 Å². The molecule has 1 atom stereocenters. The lowest BCUT2D eigenvalue weighted by Gasteiger charge is -2.37. The van der Waals surface area contributed by atoms with Crippen molar-refractivity contribution in [3.63, 3.8) is 0 Å². The molecule has 1 heterocycles. The third-order valence-corrected chi connectivity index (χ3v) is 5.42.